The Morgan fingerprint density at radius 1 is 1.25 bits per heavy atom. The van der Waals surface area contributed by atoms with Crippen LogP contribution in [0.2, 0.25) is 0 Å². The van der Waals surface area contributed by atoms with Crippen molar-refractivity contribution >= 4 is 22.6 Å². The lowest BCUT2D eigenvalue weighted by Crippen LogP contribution is -1.98. The van der Waals surface area contributed by atoms with Crippen LogP contribution in [-0.4, -0.2) is 5.11 Å². The molecule has 1 aliphatic rings. The van der Waals surface area contributed by atoms with Crippen molar-refractivity contribution in [3.05, 3.63) is 33.4 Å². The molecule has 12 heavy (non-hydrogen) atoms. The van der Waals surface area contributed by atoms with Crippen LogP contribution in [0.5, 0.6) is 0 Å². The van der Waals surface area contributed by atoms with E-state index in [0.29, 0.717) is 5.92 Å². The molecule has 0 saturated heterocycles. The summed E-state index contributed by atoms with van der Waals surface area (Å²) in [4.78, 5) is 0. The van der Waals surface area contributed by atoms with E-state index in [1.165, 1.54) is 16.4 Å². The summed E-state index contributed by atoms with van der Waals surface area (Å²) in [5.41, 5.74) is 1.07. The minimum Gasteiger partial charge on any atom is -0.388 e. The Balaban J connectivity index is 2.16. The molecule has 1 aromatic carbocycles. The highest BCUT2D eigenvalue weighted by atomic mass is 127. The maximum absolute atomic E-state index is 9.75. The second kappa shape index (κ2) is 3.34. The molecule has 1 unspecified atom stereocenters. The molecule has 0 spiro atoms. The molecule has 64 valence electrons. The lowest BCUT2D eigenvalue weighted by atomic mass is 10.1. The highest BCUT2D eigenvalue weighted by Crippen LogP contribution is 2.40. The molecular weight excluding hydrogens is 263 g/mol. The van der Waals surface area contributed by atoms with Crippen LogP contribution >= 0.6 is 22.6 Å². The first kappa shape index (κ1) is 8.51. The standard InChI is InChI=1S/C10H11IO/c11-9-5-3-8(4-6-9)10(12)7-1-2-7/h3-7,10,12H,1-2H2. The molecule has 0 bridgehead atoms. The highest BCUT2D eigenvalue weighted by Gasteiger charge is 2.30. The molecular formula is C10H11IO. The smallest absolute Gasteiger partial charge is 0.0818 e. The van der Waals surface area contributed by atoms with Gasteiger partial charge in [0.05, 0.1) is 6.10 Å². The Bertz CT molecular complexity index is 264. The molecule has 1 atom stereocenters. The van der Waals surface area contributed by atoms with Crippen LogP contribution in [0, 0.1) is 9.49 Å². The summed E-state index contributed by atoms with van der Waals surface area (Å²) in [6, 6.07) is 8.12. The van der Waals surface area contributed by atoms with Crippen molar-refractivity contribution in [2.45, 2.75) is 18.9 Å². The number of halogens is 1. The molecule has 0 heterocycles. The zero-order chi connectivity index (χ0) is 8.55. The Labute approximate surface area is 85.9 Å². The summed E-state index contributed by atoms with van der Waals surface area (Å²) < 4.78 is 1.22. The Hall–Kier alpha value is -0.0900. The summed E-state index contributed by atoms with van der Waals surface area (Å²) in [7, 11) is 0. The van der Waals surface area contributed by atoms with E-state index in [9.17, 15) is 5.11 Å². The van der Waals surface area contributed by atoms with Crippen molar-refractivity contribution in [1.29, 1.82) is 0 Å². The molecule has 2 rings (SSSR count). The normalized spacial score (nSPS) is 19.2. The fourth-order valence-corrected chi connectivity index (χ4v) is 1.70. The topological polar surface area (TPSA) is 20.2 Å². The molecule has 0 aliphatic heterocycles. The fraction of sp³-hybridized carbons (Fsp3) is 0.400. The molecule has 1 N–H and O–H groups in total. The SMILES string of the molecule is OC(c1ccc(I)cc1)C1CC1. The van der Waals surface area contributed by atoms with Crippen LogP contribution in [-0.2, 0) is 0 Å². The fourth-order valence-electron chi connectivity index (χ4n) is 1.34. The van der Waals surface area contributed by atoms with Crippen LogP contribution in [0.1, 0.15) is 24.5 Å². The van der Waals surface area contributed by atoms with Crippen molar-refractivity contribution in [3.63, 3.8) is 0 Å². The summed E-state index contributed by atoms with van der Waals surface area (Å²) >= 11 is 2.27. The van der Waals surface area contributed by atoms with Gasteiger partial charge in [0.15, 0.2) is 0 Å². The predicted octanol–water partition coefficient (Wildman–Crippen LogP) is 2.73. The van der Waals surface area contributed by atoms with Gasteiger partial charge in [-0.2, -0.15) is 0 Å². The van der Waals surface area contributed by atoms with Crippen LogP contribution in [0.15, 0.2) is 24.3 Å². The molecule has 1 saturated carbocycles. The highest BCUT2D eigenvalue weighted by molar-refractivity contribution is 14.1. The van der Waals surface area contributed by atoms with E-state index >= 15 is 0 Å². The van der Waals surface area contributed by atoms with Gasteiger partial charge in [-0.05, 0) is 59.0 Å². The Morgan fingerprint density at radius 3 is 2.33 bits per heavy atom. The third kappa shape index (κ3) is 1.80. The van der Waals surface area contributed by atoms with Crippen molar-refractivity contribution in [3.8, 4) is 0 Å². The van der Waals surface area contributed by atoms with Crippen molar-refractivity contribution in [1.82, 2.24) is 0 Å². The van der Waals surface area contributed by atoms with Gasteiger partial charge < -0.3 is 5.11 Å². The summed E-state index contributed by atoms with van der Waals surface area (Å²) in [5, 5.41) is 9.75. The van der Waals surface area contributed by atoms with Gasteiger partial charge in [0, 0.05) is 3.57 Å². The quantitative estimate of drug-likeness (QED) is 0.822. The molecule has 2 heteroatoms. The monoisotopic (exact) mass is 274 g/mol. The van der Waals surface area contributed by atoms with Crippen molar-refractivity contribution in [2.75, 3.05) is 0 Å². The molecule has 0 amide bonds. The van der Waals surface area contributed by atoms with Crippen LogP contribution in [0.3, 0.4) is 0 Å². The van der Waals surface area contributed by atoms with Gasteiger partial charge in [-0.25, -0.2) is 0 Å². The van der Waals surface area contributed by atoms with Gasteiger partial charge in [0.2, 0.25) is 0 Å². The largest absolute Gasteiger partial charge is 0.388 e. The number of benzene rings is 1. The summed E-state index contributed by atoms with van der Waals surface area (Å²) in [6.07, 6.45) is 2.15. The maximum Gasteiger partial charge on any atom is 0.0818 e. The number of aliphatic hydroxyl groups is 1. The predicted molar refractivity (Wildman–Crippen MR) is 56.8 cm³/mol. The number of rotatable bonds is 2. The molecule has 1 nitrogen and oxygen atoms in total. The zero-order valence-corrected chi connectivity index (χ0v) is 8.86. The van der Waals surface area contributed by atoms with E-state index in [2.05, 4.69) is 22.6 Å². The van der Waals surface area contributed by atoms with Crippen LogP contribution in [0.25, 0.3) is 0 Å². The van der Waals surface area contributed by atoms with E-state index in [-0.39, 0.29) is 6.10 Å². The summed E-state index contributed by atoms with van der Waals surface area (Å²) in [6.45, 7) is 0. The Morgan fingerprint density at radius 2 is 1.83 bits per heavy atom. The first-order chi connectivity index (χ1) is 5.77. The van der Waals surface area contributed by atoms with Gasteiger partial charge >= 0.3 is 0 Å². The van der Waals surface area contributed by atoms with Crippen LogP contribution < -0.4 is 0 Å². The lowest BCUT2D eigenvalue weighted by Gasteiger charge is -2.08. The van der Waals surface area contributed by atoms with E-state index in [1.54, 1.807) is 0 Å². The van der Waals surface area contributed by atoms with Gasteiger partial charge in [0.1, 0.15) is 0 Å². The van der Waals surface area contributed by atoms with E-state index in [1.807, 2.05) is 24.3 Å². The van der Waals surface area contributed by atoms with Gasteiger partial charge in [-0.3, -0.25) is 0 Å². The molecule has 1 aromatic rings. The first-order valence-electron chi connectivity index (χ1n) is 4.21. The van der Waals surface area contributed by atoms with E-state index < -0.39 is 0 Å². The average Bonchev–Trinajstić information content (AvgIpc) is 2.87. The number of hydrogen-bond acceptors (Lipinski definition) is 1. The van der Waals surface area contributed by atoms with Gasteiger partial charge in [0.25, 0.3) is 0 Å². The second-order valence-corrected chi connectivity index (χ2v) is 4.58. The van der Waals surface area contributed by atoms with E-state index in [0.717, 1.165) is 5.56 Å². The maximum atomic E-state index is 9.75. The lowest BCUT2D eigenvalue weighted by molar-refractivity contribution is 0.154. The number of aliphatic hydroxyl groups excluding tert-OH is 1. The van der Waals surface area contributed by atoms with Crippen molar-refractivity contribution in [2.24, 2.45) is 5.92 Å². The molecule has 1 aliphatic carbocycles. The van der Waals surface area contributed by atoms with Crippen LogP contribution in [0.4, 0.5) is 0 Å². The van der Waals surface area contributed by atoms with Gasteiger partial charge in [-0.1, -0.05) is 12.1 Å². The van der Waals surface area contributed by atoms with Gasteiger partial charge in [-0.15, -0.1) is 0 Å². The first-order valence-corrected chi connectivity index (χ1v) is 5.29. The minimum atomic E-state index is -0.220. The second-order valence-electron chi connectivity index (χ2n) is 3.33. The van der Waals surface area contributed by atoms with Crippen molar-refractivity contribution < 1.29 is 5.11 Å². The summed E-state index contributed by atoms with van der Waals surface area (Å²) in [5.74, 6) is 0.532. The third-order valence-corrected chi connectivity index (χ3v) is 3.00. The molecule has 0 radical (unpaired) electrons. The zero-order valence-electron chi connectivity index (χ0n) is 6.70. The minimum absolute atomic E-state index is 0.220. The molecule has 0 aromatic heterocycles. The van der Waals surface area contributed by atoms with E-state index in [4.69, 9.17) is 0 Å². The number of hydrogen-bond donors (Lipinski definition) is 1. The third-order valence-electron chi connectivity index (χ3n) is 2.28. The average molecular weight is 274 g/mol. The Kier molecular flexibility index (Phi) is 2.37. The molecule has 1 fully saturated rings.